The van der Waals surface area contributed by atoms with Crippen LogP contribution in [0, 0.1) is 5.92 Å². The van der Waals surface area contributed by atoms with Gasteiger partial charge in [-0.25, -0.2) is 0 Å². The molecule has 1 N–H and O–H groups in total. The molecule has 1 amide bonds. The van der Waals surface area contributed by atoms with Gasteiger partial charge in [0.1, 0.15) is 0 Å². The number of carbonyl (C=O) groups is 1. The highest BCUT2D eigenvalue weighted by Gasteiger charge is 2.19. The molecule has 74 valence electrons. The minimum Gasteiger partial charge on any atom is -0.356 e. The Bertz CT molecular complexity index is 183. The van der Waals surface area contributed by atoms with Gasteiger partial charge < -0.3 is 5.32 Å². The van der Waals surface area contributed by atoms with Gasteiger partial charge in [-0.1, -0.05) is 18.6 Å². The molecule has 0 atom stereocenters. The summed E-state index contributed by atoms with van der Waals surface area (Å²) in [7, 11) is 0. The van der Waals surface area contributed by atoms with Crippen LogP contribution in [0.3, 0.4) is 0 Å². The lowest BCUT2D eigenvalue weighted by Crippen LogP contribution is -2.28. The average molecular weight is 181 g/mol. The molecule has 1 aliphatic rings. The quantitative estimate of drug-likeness (QED) is 0.511. The summed E-state index contributed by atoms with van der Waals surface area (Å²) in [5, 5.41) is 2.93. The number of rotatable bonds is 5. The molecule has 13 heavy (non-hydrogen) atoms. The molecule has 0 aliphatic heterocycles. The summed E-state index contributed by atoms with van der Waals surface area (Å²) in [6.07, 6.45) is 9.60. The van der Waals surface area contributed by atoms with E-state index in [1.165, 1.54) is 19.3 Å². The standard InChI is InChI=1S/C11H19NO/c1-2-3-4-8-12-11(13)9-10-6-5-7-10/h2-3,10H,4-9H2,1H3,(H,12,13)/b3-2+. The van der Waals surface area contributed by atoms with Gasteiger partial charge in [0.25, 0.3) is 0 Å². The van der Waals surface area contributed by atoms with Crippen molar-refractivity contribution in [1.29, 1.82) is 0 Å². The van der Waals surface area contributed by atoms with E-state index in [1.807, 2.05) is 13.0 Å². The first-order valence-electron chi connectivity index (χ1n) is 5.20. The molecule has 2 nitrogen and oxygen atoms in total. The van der Waals surface area contributed by atoms with Crippen molar-refractivity contribution in [2.24, 2.45) is 5.92 Å². The van der Waals surface area contributed by atoms with Crippen LogP contribution in [0.2, 0.25) is 0 Å². The van der Waals surface area contributed by atoms with Crippen molar-refractivity contribution in [2.75, 3.05) is 6.54 Å². The number of carbonyl (C=O) groups excluding carboxylic acids is 1. The molecule has 1 rings (SSSR count). The van der Waals surface area contributed by atoms with Gasteiger partial charge in [-0.2, -0.15) is 0 Å². The number of amides is 1. The topological polar surface area (TPSA) is 29.1 Å². The normalized spacial score (nSPS) is 17.3. The molecule has 0 bridgehead atoms. The Morgan fingerprint density at radius 2 is 2.31 bits per heavy atom. The maximum Gasteiger partial charge on any atom is 0.220 e. The highest BCUT2D eigenvalue weighted by molar-refractivity contribution is 5.76. The SMILES string of the molecule is C/C=C/CCNC(=O)CC1CCC1. The predicted octanol–water partition coefficient (Wildman–Crippen LogP) is 2.26. The van der Waals surface area contributed by atoms with Crippen LogP contribution in [0.4, 0.5) is 0 Å². The van der Waals surface area contributed by atoms with Gasteiger partial charge in [0.2, 0.25) is 5.91 Å². The van der Waals surface area contributed by atoms with Gasteiger partial charge in [0.15, 0.2) is 0 Å². The summed E-state index contributed by atoms with van der Waals surface area (Å²) in [4.78, 5) is 11.3. The third kappa shape index (κ3) is 4.11. The second-order valence-electron chi connectivity index (χ2n) is 3.71. The fourth-order valence-corrected chi connectivity index (χ4v) is 1.49. The largest absolute Gasteiger partial charge is 0.356 e. The van der Waals surface area contributed by atoms with Gasteiger partial charge in [-0.15, -0.1) is 0 Å². The summed E-state index contributed by atoms with van der Waals surface area (Å²) in [6.45, 7) is 2.78. The van der Waals surface area contributed by atoms with Crippen molar-refractivity contribution in [3.63, 3.8) is 0 Å². The van der Waals surface area contributed by atoms with E-state index in [0.717, 1.165) is 19.4 Å². The first-order valence-corrected chi connectivity index (χ1v) is 5.20. The van der Waals surface area contributed by atoms with Crippen LogP contribution in [-0.4, -0.2) is 12.5 Å². The van der Waals surface area contributed by atoms with Gasteiger partial charge in [-0.3, -0.25) is 4.79 Å². The molecule has 1 saturated carbocycles. The molecule has 1 aliphatic carbocycles. The van der Waals surface area contributed by atoms with Crippen molar-refractivity contribution >= 4 is 5.91 Å². The van der Waals surface area contributed by atoms with Gasteiger partial charge in [0.05, 0.1) is 0 Å². The number of allylic oxidation sites excluding steroid dienone is 1. The van der Waals surface area contributed by atoms with Crippen molar-refractivity contribution in [2.45, 2.75) is 39.0 Å². The molecule has 0 radical (unpaired) electrons. The average Bonchev–Trinajstić information content (AvgIpc) is 2.06. The lowest BCUT2D eigenvalue weighted by atomic mass is 9.83. The Kier molecular flexibility index (Phi) is 4.58. The Morgan fingerprint density at radius 1 is 1.54 bits per heavy atom. The van der Waals surface area contributed by atoms with Crippen LogP contribution < -0.4 is 5.32 Å². The van der Waals surface area contributed by atoms with E-state index in [2.05, 4.69) is 11.4 Å². The third-order valence-electron chi connectivity index (χ3n) is 2.57. The number of hydrogen-bond donors (Lipinski definition) is 1. The zero-order valence-corrected chi connectivity index (χ0v) is 8.38. The minimum absolute atomic E-state index is 0.231. The van der Waals surface area contributed by atoms with E-state index in [1.54, 1.807) is 0 Å². The Morgan fingerprint density at radius 3 is 2.85 bits per heavy atom. The molecule has 0 heterocycles. The maximum absolute atomic E-state index is 11.3. The molecule has 2 heteroatoms. The van der Waals surface area contributed by atoms with E-state index < -0.39 is 0 Å². The first kappa shape index (κ1) is 10.3. The van der Waals surface area contributed by atoms with E-state index >= 15 is 0 Å². The molecule has 0 aromatic heterocycles. The van der Waals surface area contributed by atoms with Crippen molar-refractivity contribution in [1.82, 2.24) is 5.32 Å². The molecule has 0 saturated heterocycles. The molecular weight excluding hydrogens is 162 g/mol. The van der Waals surface area contributed by atoms with Crippen molar-refractivity contribution in [3.05, 3.63) is 12.2 Å². The molecule has 0 aromatic carbocycles. The summed E-state index contributed by atoms with van der Waals surface area (Å²) >= 11 is 0. The molecule has 0 unspecified atom stereocenters. The lowest BCUT2D eigenvalue weighted by molar-refractivity contribution is -0.122. The first-order chi connectivity index (χ1) is 6.33. The van der Waals surface area contributed by atoms with Gasteiger partial charge in [-0.05, 0) is 32.1 Å². The fraction of sp³-hybridized carbons (Fsp3) is 0.727. The van der Waals surface area contributed by atoms with Crippen LogP contribution >= 0.6 is 0 Å². The highest BCUT2D eigenvalue weighted by Crippen LogP contribution is 2.28. The van der Waals surface area contributed by atoms with Gasteiger partial charge >= 0.3 is 0 Å². The predicted molar refractivity (Wildman–Crippen MR) is 54.4 cm³/mol. The molecule has 1 fully saturated rings. The summed E-state index contributed by atoms with van der Waals surface area (Å²) in [5.41, 5.74) is 0. The summed E-state index contributed by atoms with van der Waals surface area (Å²) in [6, 6.07) is 0. The van der Waals surface area contributed by atoms with Crippen LogP contribution in [0.1, 0.15) is 39.0 Å². The molecular formula is C11H19NO. The zero-order chi connectivity index (χ0) is 9.52. The van der Waals surface area contributed by atoms with Crippen molar-refractivity contribution in [3.8, 4) is 0 Å². The van der Waals surface area contributed by atoms with E-state index in [4.69, 9.17) is 0 Å². The second-order valence-corrected chi connectivity index (χ2v) is 3.71. The highest BCUT2D eigenvalue weighted by atomic mass is 16.1. The molecule has 0 spiro atoms. The smallest absolute Gasteiger partial charge is 0.220 e. The van der Waals surface area contributed by atoms with Crippen LogP contribution in [0.5, 0.6) is 0 Å². The second kappa shape index (κ2) is 5.79. The van der Waals surface area contributed by atoms with Gasteiger partial charge in [0, 0.05) is 13.0 Å². The number of nitrogens with one attached hydrogen (secondary N) is 1. The Labute approximate surface area is 80.4 Å². The Hall–Kier alpha value is -0.790. The van der Waals surface area contributed by atoms with Crippen LogP contribution in [-0.2, 0) is 4.79 Å². The fourth-order valence-electron chi connectivity index (χ4n) is 1.49. The van der Waals surface area contributed by atoms with E-state index in [0.29, 0.717) is 5.92 Å². The zero-order valence-electron chi connectivity index (χ0n) is 8.38. The minimum atomic E-state index is 0.231. The summed E-state index contributed by atoms with van der Waals surface area (Å²) < 4.78 is 0. The molecule has 0 aromatic rings. The van der Waals surface area contributed by atoms with E-state index in [-0.39, 0.29) is 5.91 Å². The maximum atomic E-state index is 11.3. The summed E-state index contributed by atoms with van der Waals surface area (Å²) in [5.74, 6) is 0.913. The lowest BCUT2D eigenvalue weighted by Gasteiger charge is -2.24. The third-order valence-corrected chi connectivity index (χ3v) is 2.57. The monoisotopic (exact) mass is 181 g/mol. The van der Waals surface area contributed by atoms with E-state index in [9.17, 15) is 4.79 Å². The van der Waals surface area contributed by atoms with Crippen LogP contribution in [0.15, 0.2) is 12.2 Å². The number of hydrogen-bond acceptors (Lipinski definition) is 1. The van der Waals surface area contributed by atoms with Crippen molar-refractivity contribution < 1.29 is 4.79 Å². The van der Waals surface area contributed by atoms with Crippen LogP contribution in [0.25, 0.3) is 0 Å². The Balaban J connectivity index is 1.97.